The topological polar surface area (TPSA) is 84.8 Å². The van der Waals surface area contributed by atoms with Crippen LogP contribution in [-0.4, -0.2) is 59.1 Å². The van der Waals surface area contributed by atoms with Crippen molar-refractivity contribution < 1.29 is 18.5 Å². The Morgan fingerprint density at radius 3 is 2.46 bits per heavy atom. The van der Waals surface area contributed by atoms with Gasteiger partial charge in [-0.15, -0.1) is 0 Å². The summed E-state index contributed by atoms with van der Waals surface area (Å²) in [6, 6.07) is 21.5. The summed E-state index contributed by atoms with van der Waals surface area (Å²) in [5, 5.41) is 4.10. The molecule has 0 atom stereocenters. The molecule has 1 aliphatic heterocycles. The smallest absolute Gasteiger partial charge is 0.241 e. The number of carbonyl (C=O) groups is 1. The van der Waals surface area contributed by atoms with E-state index in [2.05, 4.69) is 15.0 Å². The molecule has 8 nitrogen and oxygen atoms in total. The summed E-state index contributed by atoms with van der Waals surface area (Å²) in [7, 11) is 1.63. The van der Waals surface area contributed by atoms with Crippen LogP contribution in [0.3, 0.4) is 0 Å². The molecule has 0 radical (unpaired) electrons. The third kappa shape index (κ3) is 5.60. The summed E-state index contributed by atoms with van der Waals surface area (Å²) in [6.45, 7) is 3.48. The van der Waals surface area contributed by atoms with Crippen LogP contribution in [0, 0.1) is 0 Å². The van der Waals surface area contributed by atoms with Crippen LogP contribution in [0.1, 0.15) is 18.1 Å². The van der Waals surface area contributed by atoms with E-state index < -0.39 is 0 Å². The Bertz CT molecular complexity index is 1240. The van der Waals surface area contributed by atoms with Crippen LogP contribution in [-0.2, 0) is 17.8 Å². The SMILES string of the molecule is COc1ccc(-c2noc(CN3CCN(C(=O)CCc4ccc(-c5ccccc5)o4)CC3)n2)cc1. The van der Waals surface area contributed by atoms with Crippen LogP contribution in [0.15, 0.2) is 75.7 Å². The standard InChI is InChI=1S/C27H28N4O4/c1-33-22-9-7-21(8-10-22)27-28-25(35-29-27)19-30-15-17-31(18-16-30)26(32)14-12-23-11-13-24(34-23)20-5-3-2-4-6-20/h2-11,13H,12,14-19H2,1H3. The van der Waals surface area contributed by atoms with Gasteiger partial charge in [0.05, 0.1) is 13.7 Å². The van der Waals surface area contributed by atoms with Crippen molar-refractivity contribution in [2.24, 2.45) is 0 Å². The van der Waals surface area contributed by atoms with Crippen molar-refractivity contribution in [2.75, 3.05) is 33.3 Å². The number of piperazine rings is 1. The van der Waals surface area contributed by atoms with E-state index in [4.69, 9.17) is 13.7 Å². The Hall–Kier alpha value is -3.91. The van der Waals surface area contributed by atoms with Gasteiger partial charge in [-0.2, -0.15) is 4.98 Å². The van der Waals surface area contributed by atoms with Crippen molar-refractivity contribution in [3.05, 3.63) is 78.4 Å². The van der Waals surface area contributed by atoms with Crippen LogP contribution < -0.4 is 4.74 Å². The van der Waals surface area contributed by atoms with E-state index in [0.717, 1.165) is 41.5 Å². The first kappa shape index (κ1) is 22.9. The van der Waals surface area contributed by atoms with Gasteiger partial charge in [0.15, 0.2) is 0 Å². The van der Waals surface area contributed by atoms with Crippen LogP contribution >= 0.6 is 0 Å². The summed E-state index contributed by atoms with van der Waals surface area (Å²) >= 11 is 0. The lowest BCUT2D eigenvalue weighted by Gasteiger charge is -2.34. The number of ether oxygens (including phenoxy) is 1. The molecule has 1 fully saturated rings. The highest BCUT2D eigenvalue weighted by molar-refractivity contribution is 5.76. The van der Waals surface area contributed by atoms with E-state index in [1.807, 2.05) is 71.6 Å². The Balaban J connectivity index is 1.08. The highest BCUT2D eigenvalue weighted by Crippen LogP contribution is 2.23. The second-order valence-electron chi connectivity index (χ2n) is 8.53. The van der Waals surface area contributed by atoms with Crippen molar-refractivity contribution >= 4 is 5.91 Å². The van der Waals surface area contributed by atoms with Crippen molar-refractivity contribution in [1.29, 1.82) is 0 Å². The van der Waals surface area contributed by atoms with Crippen molar-refractivity contribution in [1.82, 2.24) is 19.9 Å². The average Bonchev–Trinajstić information content (AvgIpc) is 3.58. The van der Waals surface area contributed by atoms with Gasteiger partial charge in [0, 0.05) is 50.1 Å². The lowest BCUT2D eigenvalue weighted by Crippen LogP contribution is -2.48. The molecule has 0 spiro atoms. The maximum atomic E-state index is 12.7. The summed E-state index contributed by atoms with van der Waals surface area (Å²) in [5.41, 5.74) is 1.92. The first-order valence-electron chi connectivity index (χ1n) is 11.8. The molecule has 1 saturated heterocycles. The van der Waals surface area contributed by atoms with Gasteiger partial charge in [0.2, 0.25) is 17.6 Å². The minimum atomic E-state index is 0.155. The fourth-order valence-electron chi connectivity index (χ4n) is 4.18. The maximum absolute atomic E-state index is 12.7. The molecule has 0 unspecified atom stereocenters. The number of nitrogens with zero attached hydrogens (tertiary/aromatic N) is 4. The lowest BCUT2D eigenvalue weighted by atomic mass is 10.2. The first-order valence-corrected chi connectivity index (χ1v) is 11.8. The number of methoxy groups -OCH3 is 1. The largest absolute Gasteiger partial charge is 0.497 e. The molecule has 1 amide bonds. The molecule has 0 bridgehead atoms. The van der Waals surface area contributed by atoms with E-state index in [0.29, 0.717) is 44.2 Å². The second-order valence-corrected chi connectivity index (χ2v) is 8.53. The number of furan rings is 1. The Kier molecular flexibility index (Phi) is 6.90. The third-order valence-corrected chi connectivity index (χ3v) is 6.21. The fraction of sp³-hybridized carbons (Fsp3) is 0.296. The monoisotopic (exact) mass is 472 g/mol. The third-order valence-electron chi connectivity index (χ3n) is 6.21. The van der Waals surface area contributed by atoms with Crippen LogP contribution in [0.25, 0.3) is 22.7 Å². The molecule has 180 valence electrons. The summed E-state index contributed by atoms with van der Waals surface area (Å²) in [4.78, 5) is 21.4. The number of rotatable bonds is 8. The van der Waals surface area contributed by atoms with Crippen molar-refractivity contribution in [2.45, 2.75) is 19.4 Å². The van der Waals surface area contributed by atoms with E-state index in [-0.39, 0.29) is 5.91 Å². The molecule has 5 rings (SSSR count). The molecule has 2 aromatic carbocycles. The zero-order valence-electron chi connectivity index (χ0n) is 19.7. The van der Waals surface area contributed by atoms with Gasteiger partial charge in [-0.3, -0.25) is 9.69 Å². The minimum absolute atomic E-state index is 0.155. The molecule has 0 N–H and O–H groups in total. The van der Waals surface area contributed by atoms with Crippen LogP contribution in [0.2, 0.25) is 0 Å². The van der Waals surface area contributed by atoms with E-state index in [1.165, 1.54) is 0 Å². The fourth-order valence-corrected chi connectivity index (χ4v) is 4.18. The molecular weight excluding hydrogens is 444 g/mol. The number of amides is 1. The van der Waals surface area contributed by atoms with Gasteiger partial charge in [0.1, 0.15) is 17.3 Å². The van der Waals surface area contributed by atoms with Crippen LogP contribution in [0.4, 0.5) is 0 Å². The highest BCUT2D eigenvalue weighted by Gasteiger charge is 2.23. The number of hydrogen-bond donors (Lipinski definition) is 0. The van der Waals surface area contributed by atoms with Gasteiger partial charge in [-0.05, 0) is 36.4 Å². The minimum Gasteiger partial charge on any atom is -0.497 e. The molecule has 1 aliphatic rings. The molecule has 0 aliphatic carbocycles. The molecule has 35 heavy (non-hydrogen) atoms. The molecule has 2 aromatic heterocycles. The van der Waals surface area contributed by atoms with Crippen LogP contribution in [0.5, 0.6) is 5.75 Å². The van der Waals surface area contributed by atoms with Crippen molar-refractivity contribution in [3.8, 4) is 28.5 Å². The Morgan fingerprint density at radius 2 is 1.71 bits per heavy atom. The lowest BCUT2D eigenvalue weighted by molar-refractivity contribution is -0.133. The van der Waals surface area contributed by atoms with Gasteiger partial charge in [0.25, 0.3) is 0 Å². The van der Waals surface area contributed by atoms with Gasteiger partial charge >= 0.3 is 0 Å². The van der Waals surface area contributed by atoms with E-state index in [9.17, 15) is 4.79 Å². The number of aryl methyl sites for hydroxylation is 1. The molecule has 8 heteroatoms. The number of aromatic nitrogens is 2. The molecule has 4 aromatic rings. The predicted octanol–water partition coefficient (Wildman–Crippen LogP) is 4.28. The van der Waals surface area contributed by atoms with E-state index >= 15 is 0 Å². The van der Waals surface area contributed by atoms with Gasteiger partial charge in [-0.1, -0.05) is 35.5 Å². The van der Waals surface area contributed by atoms with Crippen molar-refractivity contribution in [3.63, 3.8) is 0 Å². The Labute approximate surface area is 204 Å². The maximum Gasteiger partial charge on any atom is 0.241 e. The first-order chi connectivity index (χ1) is 17.2. The zero-order valence-corrected chi connectivity index (χ0v) is 19.7. The Morgan fingerprint density at radius 1 is 0.943 bits per heavy atom. The average molecular weight is 473 g/mol. The molecule has 0 saturated carbocycles. The molecule has 3 heterocycles. The highest BCUT2D eigenvalue weighted by atomic mass is 16.5. The number of benzene rings is 2. The predicted molar refractivity (Wildman–Crippen MR) is 131 cm³/mol. The zero-order chi connectivity index (χ0) is 24.0. The van der Waals surface area contributed by atoms with Gasteiger partial charge < -0.3 is 18.6 Å². The second kappa shape index (κ2) is 10.6. The number of hydrogen-bond acceptors (Lipinski definition) is 7. The quantitative estimate of drug-likeness (QED) is 0.378. The van der Waals surface area contributed by atoms with E-state index in [1.54, 1.807) is 7.11 Å². The summed E-state index contributed by atoms with van der Waals surface area (Å²) in [6.07, 6.45) is 1.04. The normalized spacial score (nSPS) is 14.3. The summed E-state index contributed by atoms with van der Waals surface area (Å²) in [5.74, 6) is 3.73. The number of carbonyl (C=O) groups excluding carboxylic acids is 1. The summed E-state index contributed by atoms with van der Waals surface area (Å²) < 4.78 is 16.6. The molecular formula is C27H28N4O4. The van der Waals surface area contributed by atoms with Gasteiger partial charge in [-0.25, -0.2) is 0 Å².